The molecule has 6 nitrogen and oxygen atoms in total. The average Bonchev–Trinajstić information content (AvgIpc) is 2.82. The van der Waals surface area contributed by atoms with Crippen LogP contribution in [0.1, 0.15) is 19.5 Å². The summed E-state index contributed by atoms with van der Waals surface area (Å²) >= 11 is 1.44. The molecule has 0 fully saturated rings. The number of nitrogens with one attached hydrogen (secondary N) is 1. The number of nitrogens with two attached hydrogens (primary N) is 1. The van der Waals surface area contributed by atoms with Gasteiger partial charge in [0.2, 0.25) is 5.95 Å². The molecular weight excluding hydrogens is 236 g/mol. The van der Waals surface area contributed by atoms with Crippen LogP contribution in [-0.4, -0.2) is 26.3 Å². The molecule has 0 bridgehead atoms. The van der Waals surface area contributed by atoms with Gasteiger partial charge in [-0.3, -0.25) is 4.57 Å². The fourth-order valence-electron chi connectivity index (χ4n) is 1.68. The van der Waals surface area contributed by atoms with Crippen molar-refractivity contribution < 1.29 is 0 Å². The van der Waals surface area contributed by atoms with Crippen molar-refractivity contribution in [2.45, 2.75) is 27.3 Å². The number of anilines is 2. The molecule has 0 aliphatic carbocycles. The number of nitrogen functional groups attached to an aromatic ring is 1. The fraction of sp³-hybridized carbons (Fsp3) is 0.500. The van der Waals surface area contributed by atoms with Crippen molar-refractivity contribution >= 4 is 22.4 Å². The van der Waals surface area contributed by atoms with E-state index in [-0.39, 0.29) is 0 Å². The molecule has 0 amide bonds. The van der Waals surface area contributed by atoms with E-state index in [0.29, 0.717) is 5.13 Å². The smallest absolute Gasteiger partial charge is 0.224 e. The molecular formula is C10H16N6S. The van der Waals surface area contributed by atoms with E-state index in [2.05, 4.69) is 27.4 Å². The van der Waals surface area contributed by atoms with E-state index in [4.69, 9.17) is 5.73 Å². The van der Waals surface area contributed by atoms with Crippen molar-refractivity contribution in [3.05, 3.63) is 5.69 Å². The topological polar surface area (TPSA) is 81.7 Å². The first-order valence-electron chi connectivity index (χ1n) is 5.57. The zero-order valence-corrected chi connectivity index (χ0v) is 11.0. The van der Waals surface area contributed by atoms with Gasteiger partial charge in [-0.1, -0.05) is 11.3 Å². The van der Waals surface area contributed by atoms with E-state index in [9.17, 15) is 0 Å². The lowest BCUT2D eigenvalue weighted by molar-refractivity contribution is 0.771. The normalized spacial score (nSPS) is 10.8. The van der Waals surface area contributed by atoms with Gasteiger partial charge in [-0.2, -0.15) is 0 Å². The van der Waals surface area contributed by atoms with Crippen LogP contribution in [-0.2, 0) is 6.54 Å². The highest BCUT2D eigenvalue weighted by atomic mass is 32.1. The SMILES string of the molecule is CCNc1nnc(-c2sc(N)nc2C)n1CC. The maximum Gasteiger partial charge on any atom is 0.224 e. The highest BCUT2D eigenvalue weighted by Crippen LogP contribution is 2.31. The summed E-state index contributed by atoms with van der Waals surface area (Å²) in [6, 6.07) is 0. The third-order valence-electron chi connectivity index (χ3n) is 2.42. The lowest BCUT2D eigenvalue weighted by atomic mass is 10.4. The number of hydrogen-bond donors (Lipinski definition) is 2. The monoisotopic (exact) mass is 252 g/mol. The molecule has 0 unspecified atom stereocenters. The molecule has 2 aromatic rings. The van der Waals surface area contributed by atoms with Crippen LogP contribution in [0.5, 0.6) is 0 Å². The number of aromatic nitrogens is 4. The van der Waals surface area contributed by atoms with Crippen LogP contribution in [0.4, 0.5) is 11.1 Å². The molecule has 17 heavy (non-hydrogen) atoms. The lowest BCUT2D eigenvalue weighted by Gasteiger charge is -2.06. The van der Waals surface area contributed by atoms with Crippen LogP contribution in [0.2, 0.25) is 0 Å². The molecule has 3 N–H and O–H groups in total. The second-order valence-electron chi connectivity index (χ2n) is 3.59. The van der Waals surface area contributed by atoms with Gasteiger partial charge in [-0.05, 0) is 20.8 Å². The Balaban J connectivity index is 2.48. The number of nitrogens with zero attached hydrogens (tertiary/aromatic N) is 4. The Morgan fingerprint density at radius 3 is 2.65 bits per heavy atom. The molecule has 0 aromatic carbocycles. The van der Waals surface area contributed by atoms with Crippen molar-refractivity contribution in [1.29, 1.82) is 0 Å². The summed E-state index contributed by atoms with van der Waals surface area (Å²) in [6.45, 7) is 7.66. The Hall–Kier alpha value is -1.63. The van der Waals surface area contributed by atoms with Crippen LogP contribution in [0, 0.1) is 6.92 Å². The number of rotatable bonds is 4. The summed E-state index contributed by atoms with van der Waals surface area (Å²) in [5.74, 6) is 1.62. The first-order valence-corrected chi connectivity index (χ1v) is 6.39. The summed E-state index contributed by atoms with van der Waals surface area (Å²) in [4.78, 5) is 5.20. The maximum absolute atomic E-state index is 5.71. The van der Waals surface area contributed by atoms with Gasteiger partial charge in [0.1, 0.15) is 0 Å². The molecule has 2 heterocycles. The van der Waals surface area contributed by atoms with Crippen molar-refractivity contribution in [1.82, 2.24) is 19.7 Å². The molecule has 2 rings (SSSR count). The predicted molar refractivity (Wildman–Crippen MR) is 70.1 cm³/mol. The number of thiazole rings is 1. The molecule has 92 valence electrons. The second kappa shape index (κ2) is 4.70. The van der Waals surface area contributed by atoms with E-state index in [1.165, 1.54) is 11.3 Å². The highest BCUT2D eigenvalue weighted by Gasteiger charge is 2.17. The zero-order valence-electron chi connectivity index (χ0n) is 10.2. The molecule has 0 saturated carbocycles. The molecule has 0 aliphatic heterocycles. The van der Waals surface area contributed by atoms with E-state index in [0.717, 1.165) is 35.4 Å². The third kappa shape index (κ3) is 2.10. The lowest BCUT2D eigenvalue weighted by Crippen LogP contribution is -2.06. The molecule has 0 radical (unpaired) electrons. The molecule has 0 atom stereocenters. The van der Waals surface area contributed by atoms with Crippen LogP contribution in [0.3, 0.4) is 0 Å². The summed E-state index contributed by atoms with van der Waals surface area (Å²) in [7, 11) is 0. The standard InChI is InChI=1S/C10H16N6S/c1-4-12-10-15-14-8(16(10)5-2)7-6(3)13-9(11)17-7/h4-5H2,1-3H3,(H2,11,13)(H,12,15). The van der Waals surface area contributed by atoms with Gasteiger partial charge in [0.05, 0.1) is 10.6 Å². The van der Waals surface area contributed by atoms with E-state index < -0.39 is 0 Å². The van der Waals surface area contributed by atoms with E-state index >= 15 is 0 Å². The van der Waals surface area contributed by atoms with Crippen LogP contribution >= 0.6 is 11.3 Å². The summed E-state index contributed by atoms with van der Waals surface area (Å²) < 4.78 is 2.03. The highest BCUT2D eigenvalue weighted by molar-refractivity contribution is 7.18. The van der Waals surface area contributed by atoms with Crippen LogP contribution in [0.15, 0.2) is 0 Å². The predicted octanol–water partition coefficient (Wildman–Crippen LogP) is 1.74. The molecule has 7 heteroatoms. The Kier molecular flexibility index (Phi) is 3.28. The average molecular weight is 252 g/mol. The first kappa shape index (κ1) is 11.8. The number of hydrogen-bond acceptors (Lipinski definition) is 6. The van der Waals surface area contributed by atoms with Crippen molar-refractivity contribution in [2.75, 3.05) is 17.6 Å². The first-order chi connectivity index (χ1) is 8.17. The number of aryl methyl sites for hydroxylation is 1. The van der Waals surface area contributed by atoms with Crippen molar-refractivity contribution in [3.8, 4) is 10.7 Å². The largest absolute Gasteiger partial charge is 0.375 e. The molecule has 0 spiro atoms. The minimum absolute atomic E-state index is 0.563. The second-order valence-corrected chi connectivity index (χ2v) is 4.62. The zero-order chi connectivity index (χ0) is 12.4. The Morgan fingerprint density at radius 2 is 2.12 bits per heavy atom. The van der Waals surface area contributed by atoms with Crippen molar-refractivity contribution in [2.24, 2.45) is 0 Å². The van der Waals surface area contributed by atoms with E-state index in [1.54, 1.807) is 0 Å². The van der Waals surface area contributed by atoms with Gasteiger partial charge >= 0.3 is 0 Å². The summed E-state index contributed by atoms with van der Waals surface area (Å²) in [5, 5.41) is 12.1. The quantitative estimate of drug-likeness (QED) is 0.866. The van der Waals surface area contributed by atoms with Crippen LogP contribution in [0.25, 0.3) is 10.7 Å². The van der Waals surface area contributed by atoms with Gasteiger partial charge in [-0.25, -0.2) is 4.98 Å². The third-order valence-corrected chi connectivity index (χ3v) is 3.40. The summed E-state index contributed by atoms with van der Waals surface area (Å²) in [5.41, 5.74) is 6.61. The van der Waals surface area contributed by atoms with Gasteiger partial charge in [-0.15, -0.1) is 10.2 Å². The molecule has 2 aromatic heterocycles. The van der Waals surface area contributed by atoms with Crippen molar-refractivity contribution in [3.63, 3.8) is 0 Å². The molecule has 0 aliphatic rings. The van der Waals surface area contributed by atoms with Gasteiger partial charge < -0.3 is 11.1 Å². The maximum atomic E-state index is 5.71. The Morgan fingerprint density at radius 1 is 1.35 bits per heavy atom. The van der Waals surface area contributed by atoms with Crippen LogP contribution < -0.4 is 11.1 Å². The fourth-order valence-corrected chi connectivity index (χ4v) is 2.51. The van der Waals surface area contributed by atoms with E-state index in [1.807, 2.05) is 18.4 Å². The summed E-state index contributed by atoms with van der Waals surface area (Å²) in [6.07, 6.45) is 0. The Labute approximate surface area is 104 Å². The minimum atomic E-state index is 0.563. The minimum Gasteiger partial charge on any atom is -0.375 e. The molecule has 0 saturated heterocycles. The Bertz CT molecular complexity index is 515. The van der Waals surface area contributed by atoms with Gasteiger partial charge in [0.25, 0.3) is 0 Å². The van der Waals surface area contributed by atoms with Gasteiger partial charge in [0.15, 0.2) is 11.0 Å². The van der Waals surface area contributed by atoms with Gasteiger partial charge in [0, 0.05) is 13.1 Å².